The summed E-state index contributed by atoms with van der Waals surface area (Å²) in [6.07, 6.45) is 2.03. The molecular weight excluding hydrogens is 292 g/mol. The van der Waals surface area contributed by atoms with Crippen LogP contribution in [-0.4, -0.2) is 50.3 Å². The zero-order valence-corrected chi connectivity index (χ0v) is 12.6. The SMILES string of the molecule is CN1CCCC(NC(=O)NCCOc2ccc(F)cc2F)C1. The van der Waals surface area contributed by atoms with Gasteiger partial charge in [-0.05, 0) is 38.6 Å². The van der Waals surface area contributed by atoms with E-state index in [0.29, 0.717) is 0 Å². The first-order valence-corrected chi connectivity index (χ1v) is 7.35. The third kappa shape index (κ3) is 5.14. The number of nitrogens with one attached hydrogen (secondary N) is 2. The van der Waals surface area contributed by atoms with Crippen LogP contribution >= 0.6 is 0 Å². The molecule has 1 aliphatic rings. The van der Waals surface area contributed by atoms with Gasteiger partial charge in [0.25, 0.3) is 0 Å². The maximum atomic E-state index is 13.3. The van der Waals surface area contributed by atoms with Crippen molar-refractivity contribution in [3.05, 3.63) is 29.8 Å². The maximum absolute atomic E-state index is 13.3. The van der Waals surface area contributed by atoms with E-state index in [1.807, 2.05) is 7.05 Å². The molecule has 0 aromatic heterocycles. The Morgan fingerprint density at radius 3 is 3.00 bits per heavy atom. The van der Waals surface area contributed by atoms with Crippen molar-refractivity contribution in [1.29, 1.82) is 0 Å². The maximum Gasteiger partial charge on any atom is 0.315 e. The van der Waals surface area contributed by atoms with Crippen LogP contribution < -0.4 is 15.4 Å². The number of ether oxygens (including phenoxy) is 1. The first kappa shape index (κ1) is 16.5. The Bertz CT molecular complexity index is 514. The summed E-state index contributed by atoms with van der Waals surface area (Å²) in [5.41, 5.74) is 0. The minimum Gasteiger partial charge on any atom is -0.489 e. The number of nitrogens with zero attached hydrogens (tertiary/aromatic N) is 1. The second-order valence-electron chi connectivity index (χ2n) is 5.42. The Kier molecular flexibility index (Phi) is 5.94. The van der Waals surface area contributed by atoms with E-state index in [1.54, 1.807) is 0 Å². The molecule has 1 aliphatic heterocycles. The summed E-state index contributed by atoms with van der Waals surface area (Å²) in [4.78, 5) is 13.9. The second kappa shape index (κ2) is 7.93. The summed E-state index contributed by atoms with van der Waals surface area (Å²) in [5.74, 6) is -1.44. The number of benzene rings is 1. The largest absolute Gasteiger partial charge is 0.489 e. The number of carbonyl (C=O) groups excluding carboxylic acids is 1. The molecule has 2 N–H and O–H groups in total. The third-order valence-corrected chi connectivity index (χ3v) is 3.50. The van der Waals surface area contributed by atoms with Crippen molar-refractivity contribution >= 4 is 6.03 Å². The van der Waals surface area contributed by atoms with E-state index in [-0.39, 0.29) is 31.0 Å². The van der Waals surface area contributed by atoms with Crippen molar-refractivity contribution in [2.45, 2.75) is 18.9 Å². The van der Waals surface area contributed by atoms with E-state index in [0.717, 1.165) is 38.1 Å². The number of halogens is 2. The first-order valence-electron chi connectivity index (χ1n) is 7.35. The fraction of sp³-hybridized carbons (Fsp3) is 0.533. The van der Waals surface area contributed by atoms with Crippen molar-refractivity contribution < 1.29 is 18.3 Å². The van der Waals surface area contributed by atoms with Crippen LogP contribution in [0.4, 0.5) is 13.6 Å². The first-order chi connectivity index (χ1) is 10.5. The Balaban J connectivity index is 1.64. The number of carbonyl (C=O) groups is 1. The molecule has 7 heteroatoms. The standard InChI is InChI=1S/C15H21F2N3O2/c1-20-7-2-3-12(10-20)19-15(21)18-6-8-22-14-5-4-11(16)9-13(14)17/h4-5,9,12H,2-3,6-8,10H2,1H3,(H2,18,19,21). The van der Waals surface area contributed by atoms with E-state index in [2.05, 4.69) is 15.5 Å². The van der Waals surface area contributed by atoms with Crippen LogP contribution in [0.2, 0.25) is 0 Å². The molecular formula is C15H21F2N3O2. The summed E-state index contributed by atoms with van der Waals surface area (Å²) in [5, 5.41) is 5.55. The summed E-state index contributed by atoms with van der Waals surface area (Å²) in [7, 11) is 2.02. The quantitative estimate of drug-likeness (QED) is 0.814. The summed E-state index contributed by atoms with van der Waals surface area (Å²) >= 11 is 0. The van der Waals surface area contributed by atoms with Crippen LogP contribution in [0.5, 0.6) is 5.75 Å². The molecule has 22 heavy (non-hydrogen) atoms. The van der Waals surface area contributed by atoms with E-state index >= 15 is 0 Å². The van der Waals surface area contributed by atoms with Gasteiger partial charge in [0.2, 0.25) is 0 Å². The molecule has 0 spiro atoms. The van der Waals surface area contributed by atoms with Gasteiger partial charge in [-0.25, -0.2) is 13.6 Å². The minimum absolute atomic E-state index is 0.0301. The van der Waals surface area contributed by atoms with Gasteiger partial charge in [-0.2, -0.15) is 0 Å². The molecule has 1 fully saturated rings. The summed E-state index contributed by atoms with van der Waals surface area (Å²) in [6, 6.07) is 2.99. The number of rotatable bonds is 5. The van der Waals surface area contributed by atoms with Gasteiger partial charge in [-0.15, -0.1) is 0 Å². The number of urea groups is 1. The van der Waals surface area contributed by atoms with Gasteiger partial charge in [-0.3, -0.25) is 0 Å². The van der Waals surface area contributed by atoms with E-state index in [1.165, 1.54) is 6.07 Å². The molecule has 1 atom stereocenters. The minimum atomic E-state index is -0.755. The van der Waals surface area contributed by atoms with Gasteiger partial charge in [0, 0.05) is 18.7 Å². The number of piperidine rings is 1. The van der Waals surface area contributed by atoms with Crippen LogP contribution in [0.15, 0.2) is 18.2 Å². The molecule has 0 aliphatic carbocycles. The van der Waals surface area contributed by atoms with Gasteiger partial charge >= 0.3 is 6.03 Å². The Labute approximate surface area is 128 Å². The van der Waals surface area contributed by atoms with Gasteiger partial charge in [-0.1, -0.05) is 0 Å². The zero-order chi connectivity index (χ0) is 15.9. The molecule has 1 saturated heterocycles. The Morgan fingerprint density at radius 1 is 1.45 bits per heavy atom. The molecule has 0 radical (unpaired) electrons. The van der Waals surface area contributed by atoms with Crippen molar-refractivity contribution in [3.8, 4) is 5.75 Å². The number of likely N-dealkylation sites (N-methyl/N-ethyl adjacent to an activating group) is 1. The highest BCUT2D eigenvalue weighted by atomic mass is 19.1. The van der Waals surface area contributed by atoms with E-state index in [9.17, 15) is 13.6 Å². The average molecular weight is 313 g/mol. The van der Waals surface area contributed by atoms with Gasteiger partial charge in [0.1, 0.15) is 12.4 Å². The lowest BCUT2D eigenvalue weighted by Crippen LogP contribution is -2.50. The summed E-state index contributed by atoms with van der Waals surface area (Å²) in [6.45, 7) is 2.24. The number of hydrogen-bond acceptors (Lipinski definition) is 3. The number of amides is 2. The fourth-order valence-electron chi connectivity index (χ4n) is 2.44. The number of likely N-dealkylation sites (tertiary alicyclic amines) is 1. The van der Waals surface area contributed by atoms with E-state index < -0.39 is 11.6 Å². The van der Waals surface area contributed by atoms with Crippen molar-refractivity contribution in [3.63, 3.8) is 0 Å². The predicted molar refractivity (Wildman–Crippen MR) is 78.9 cm³/mol. The van der Waals surface area contributed by atoms with Gasteiger partial charge in [0.05, 0.1) is 6.54 Å². The van der Waals surface area contributed by atoms with Crippen LogP contribution in [0.3, 0.4) is 0 Å². The molecule has 1 heterocycles. The van der Waals surface area contributed by atoms with Crippen molar-refractivity contribution in [2.75, 3.05) is 33.3 Å². The molecule has 5 nitrogen and oxygen atoms in total. The molecule has 1 unspecified atom stereocenters. The summed E-state index contributed by atoms with van der Waals surface area (Å²) < 4.78 is 31.2. The lowest BCUT2D eigenvalue weighted by molar-refractivity contribution is 0.207. The Morgan fingerprint density at radius 2 is 2.27 bits per heavy atom. The molecule has 122 valence electrons. The van der Waals surface area contributed by atoms with Crippen LogP contribution in [0, 0.1) is 11.6 Å². The molecule has 0 saturated carbocycles. The third-order valence-electron chi connectivity index (χ3n) is 3.50. The molecule has 0 bridgehead atoms. The van der Waals surface area contributed by atoms with Crippen LogP contribution in [0.1, 0.15) is 12.8 Å². The molecule has 2 rings (SSSR count). The van der Waals surface area contributed by atoms with Crippen molar-refractivity contribution in [2.24, 2.45) is 0 Å². The van der Waals surface area contributed by atoms with Gasteiger partial charge < -0.3 is 20.3 Å². The zero-order valence-electron chi connectivity index (χ0n) is 12.6. The number of hydrogen-bond donors (Lipinski definition) is 2. The average Bonchev–Trinajstić information content (AvgIpc) is 2.45. The lowest BCUT2D eigenvalue weighted by Gasteiger charge is -2.30. The fourth-order valence-corrected chi connectivity index (χ4v) is 2.44. The van der Waals surface area contributed by atoms with Gasteiger partial charge in [0.15, 0.2) is 11.6 Å². The highest BCUT2D eigenvalue weighted by Gasteiger charge is 2.18. The predicted octanol–water partition coefficient (Wildman–Crippen LogP) is 1.74. The smallest absolute Gasteiger partial charge is 0.315 e. The van der Waals surface area contributed by atoms with Crippen LogP contribution in [0.25, 0.3) is 0 Å². The molecule has 2 amide bonds. The second-order valence-corrected chi connectivity index (χ2v) is 5.42. The highest BCUT2D eigenvalue weighted by molar-refractivity contribution is 5.74. The lowest BCUT2D eigenvalue weighted by atomic mass is 10.1. The highest BCUT2D eigenvalue weighted by Crippen LogP contribution is 2.17. The normalized spacial score (nSPS) is 18.8. The monoisotopic (exact) mass is 313 g/mol. The topological polar surface area (TPSA) is 53.6 Å². The van der Waals surface area contributed by atoms with Crippen molar-refractivity contribution in [1.82, 2.24) is 15.5 Å². The van der Waals surface area contributed by atoms with E-state index in [4.69, 9.17) is 4.74 Å². The van der Waals surface area contributed by atoms with Crippen LogP contribution in [-0.2, 0) is 0 Å². The Hall–Kier alpha value is -1.89. The molecule has 1 aromatic carbocycles. The molecule has 1 aromatic rings.